The fourth-order valence-corrected chi connectivity index (χ4v) is 3.68. The van der Waals surface area contributed by atoms with Crippen molar-refractivity contribution in [1.29, 1.82) is 0 Å². The number of rotatable bonds is 19. The normalized spacial score (nSPS) is 13.3. The summed E-state index contributed by atoms with van der Waals surface area (Å²) in [5.41, 5.74) is 1.23. The Labute approximate surface area is 177 Å². The Morgan fingerprint density at radius 2 is 1.45 bits per heavy atom. The third kappa shape index (κ3) is 15.2. The molecule has 0 aliphatic carbocycles. The summed E-state index contributed by atoms with van der Waals surface area (Å²) in [6.45, 7) is 2.89. The van der Waals surface area contributed by atoms with E-state index in [-0.39, 0.29) is 12.5 Å². The van der Waals surface area contributed by atoms with Gasteiger partial charge in [-0.05, 0) is 37.7 Å². The quantitative estimate of drug-likeness (QED) is 0.257. The van der Waals surface area contributed by atoms with Crippen molar-refractivity contribution in [3.63, 3.8) is 0 Å². The Morgan fingerprint density at radius 3 is 2.10 bits per heavy atom. The molecule has 2 atom stereocenters. The number of carbonyl (C=O) groups is 1. The van der Waals surface area contributed by atoms with Gasteiger partial charge in [-0.15, -0.1) is 0 Å². The molecule has 0 saturated heterocycles. The molecule has 166 valence electrons. The molecule has 0 amide bonds. The summed E-state index contributed by atoms with van der Waals surface area (Å²) >= 11 is 0. The van der Waals surface area contributed by atoms with Crippen LogP contribution in [0.4, 0.5) is 0 Å². The maximum Gasteiger partial charge on any atom is 0.303 e. The number of hydrogen-bond donors (Lipinski definition) is 2. The van der Waals surface area contributed by atoms with Crippen molar-refractivity contribution in [2.24, 2.45) is 0 Å². The first-order valence-electron chi connectivity index (χ1n) is 11.7. The average Bonchev–Trinajstić information content (AvgIpc) is 2.71. The summed E-state index contributed by atoms with van der Waals surface area (Å²) in [4.78, 5) is 10.4. The highest BCUT2D eigenvalue weighted by molar-refractivity contribution is 5.66. The van der Waals surface area contributed by atoms with Crippen LogP contribution in [0.1, 0.15) is 102 Å². The minimum atomic E-state index is -0.697. The van der Waals surface area contributed by atoms with Crippen LogP contribution in [0.15, 0.2) is 30.3 Å². The van der Waals surface area contributed by atoms with Gasteiger partial charge in [-0.25, -0.2) is 0 Å². The second kappa shape index (κ2) is 17.5. The van der Waals surface area contributed by atoms with E-state index in [2.05, 4.69) is 19.1 Å². The first-order valence-corrected chi connectivity index (χ1v) is 11.7. The number of aliphatic hydroxyl groups excluding tert-OH is 1. The van der Waals surface area contributed by atoms with Gasteiger partial charge in [-0.2, -0.15) is 0 Å². The van der Waals surface area contributed by atoms with Crippen LogP contribution < -0.4 is 0 Å². The second-order valence-electron chi connectivity index (χ2n) is 8.20. The fraction of sp³-hybridized carbons (Fsp3) is 0.720. The lowest BCUT2D eigenvalue weighted by Crippen LogP contribution is -2.13. The molecule has 1 aromatic carbocycles. The lowest BCUT2D eigenvalue weighted by Gasteiger charge is -2.18. The van der Waals surface area contributed by atoms with Crippen molar-refractivity contribution in [2.75, 3.05) is 0 Å². The van der Waals surface area contributed by atoms with Crippen LogP contribution in [0.3, 0.4) is 0 Å². The van der Waals surface area contributed by atoms with Gasteiger partial charge in [0.15, 0.2) is 0 Å². The zero-order chi connectivity index (χ0) is 21.2. The average molecular weight is 407 g/mol. The molecule has 4 nitrogen and oxygen atoms in total. The summed E-state index contributed by atoms with van der Waals surface area (Å²) in [6, 6.07) is 10.3. The highest BCUT2D eigenvalue weighted by atomic mass is 16.5. The molecule has 0 fully saturated rings. The molecule has 0 bridgehead atoms. The fourth-order valence-electron chi connectivity index (χ4n) is 3.68. The maximum absolute atomic E-state index is 10.4. The summed E-state index contributed by atoms with van der Waals surface area (Å²) in [5.74, 6) is -0.697. The third-order valence-corrected chi connectivity index (χ3v) is 5.43. The van der Waals surface area contributed by atoms with E-state index in [4.69, 9.17) is 9.84 Å². The number of ether oxygens (including phenoxy) is 1. The molecule has 0 aliphatic rings. The third-order valence-electron chi connectivity index (χ3n) is 5.43. The highest BCUT2D eigenvalue weighted by Gasteiger charge is 2.10. The van der Waals surface area contributed by atoms with Gasteiger partial charge in [0.2, 0.25) is 0 Å². The molecule has 1 rings (SSSR count). The molecule has 0 spiro atoms. The number of unbranched alkanes of at least 4 members (excludes halogenated alkanes) is 6. The molecule has 0 saturated carbocycles. The van der Waals surface area contributed by atoms with E-state index in [1.54, 1.807) is 0 Å². The Kier molecular flexibility index (Phi) is 15.4. The van der Waals surface area contributed by atoms with Crippen molar-refractivity contribution >= 4 is 5.97 Å². The van der Waals surface area contributed by atoms with Gasteiger partial charge >= 0.3 is 5.97 Å². The van der Waals surface area contributed by atoms with Crippen molar-refractivity contribution in [3.8, 4) is 0 Å². The van der Waals surface area contributed by atoms with Crippen LogP contribution in [0.25, 0.3) is 0 Å². The zero-order valence-corrected chi connectivity index (χ0v) is 18.4. The van der Waals surface area contributed by atoms with Gasteiger partial charge in [0.1, 0.15) is 0 Å². The van der Waals surface area contributed by atoms with Crippen molar-refractivity contribution in [1.82, 2.24) is 0 Å². The Bertz CT molecular complexity index is 503. The Hall–Kier alpha value is -1.39. The monoisotopic (exact) mass is 406 g/mol. The van der Waals surface area contributed by atoms with Crippen LogP contribution >= 0.6 is 0 Å². The van der Waals surface area contributed by atoms with Gasteiger partial charge in [0.05, 0.1) is 18.8 Å². The largest absolute Gasteiger partial charge is 0.481 e. The SMILES string of the molecule is CCCC(CCCCC(O)CCCCCCCCC(=O)O)OCc1ccccc1. The van der Waals surface area contributed by atoms with Gasteiger partial charge in [-0.1, -0.05) is 88.6 Å². The molecule has 1 aromatic rings. The van der Waals surface area contributed by atoms with Gasteiger partial charge < -0.3 is 14.9 Å². The number of aliphatic hydroxyl groups is 1. The van der Waals surface area contributed by atoms with E-state index in [0.717, 1.165) is 83.5 Å². The van der Waals surface area contributed by atoms with Gasteiger partial charge in [0.25, 0.3) is 0 Å². The maximum atomic E-state index is 10.4. The van der Waals surface area contributed by atoms with Crippen molar-refractivity contribution in [2.45, 2.75) is 116 Å². The summed E-state index contributed by atoms with van der Waals surface area (Å²) < 4.78 is 6.11. The molecule has 0 aliphatic heterocycles. The standard InChI is InChI=1S/C25H42O4/c1-2-14-24(29-21-22-15-8-7-9-16-22)19-13-12-18-23(26)17-10-5-3-4-6-11-20-25(27)28/h7-9,15-16,23-24,26H,2-6,10-14,17-21H2,1H3,(H,27,28). The van der Waals surface area contributed by atoms with Crippen LogP contribution in [-0.2, 0) is 16.1 Å². The number of aliphatic carboxylic acids is 1. The topological polar surface area (TPSA) is 66.8 Å². The molecule has 2 N–H and O–H groups in total. The first kappa shape index (κ1) is 25.6. The lowest BCUT2D eigenvalue weighted by atomic mass is 10.0. The Balaban J connectivity index is 2.01. The van der Waals surface area contributed by atoms with Crippen LogP contribution in [0, 0.1) is 0 Å². The molecular weight excluding hydrogens is 364 g/mol. The van der Waals surface area contributed by atoms with E-state index in [9.17, 15) is 9.90 Å². The second-order valence-corrected chi connectivity index (χ2v) is 8.20. The van der Waals surface area contributed by atoms with Crippen LogP contribution in [0.2, 0.25) is 0 Å². The smallest absolute Gasteiger partial charge is 0.303 e. The first-order chi connectivity index (χ1) is 14.1. The lowest BCUT2D eigenvalue weighted by molar-refractivity contribution is -0.137. The van der Waals surface area contributed by atoms with Crippen molar-refractivity contribution < 1.29 is 19.7 Å². The Morgan fingerprint density at radius 1 is 0.862 bits per heavy atom. The van der Waals surface area contributed by atoms with E-state index in [1.165, 1.54) is 5.56 Å². The number of carboxylic acids is 1. The molecular formula is C25H42O4. The predicted octanol–water partition coefficient (Wildman–Crippen LogP) is 6.50. The van der Waals surface area contributed by atoms with E-state index in [1.807, 2.05) is 18.2 Å². The van der Waals surface area contributed by atoms with Gasteiger partial charge in [0, 0.05) is 6.42 Å². The van der Waals surface area contributed by atoms with E-state index < -0.39 is 5.97 Å². The zero-order valence-electron chi connectivity index (χ0n) is 18.4. The molecule has 29 heavy (non-hydrogen) atoms. The number of hydrogen-bond acceptors (Lipinski definition) is 3. The summed E-state index contributed by atoms with van der Waals surface area (Å²) in [7, 11) is 0. The number of carboxylic acid groups (broad SMARTS) is 1. The van der Waals surface area contributed by atoms with Crippen LogP contribution in [-0.4, -0.2) is 28.4 Å². The molecule has 0 aromatic heterocycles. The minimum Gasteiger partial charge on any atom is -0.481 e. The molecule has 2 unspecified atom stereocenters. The molecule has 0 heterocycles. The van der Waals surface area contributed by atoms with E-state index in [0.29, 0.717) is 12.7 Å². The molecule has 4 heteroatoms. The predicted molar refractivity (Wildman–Crippen MR) is 119 cm³/mol. The summed E-state index contributed by atoms with van der Waals surface area (Å²) in [6.07, 6.45) is 13.9. The molecule has 0 radical (unpaired) electrons. The van der Waals surface area contributed by atoms with E-state index >= 15 is 0 Å². The van der Waals surface area contributed by atoms with Crippen molar-refractivity contribution in [3.05, 3.63) is 35.9 Å². The van der Waals surface area contributed by atoms with Gasteiger partial charge in [-0.3, -0.25) is 4.79 Å². The minimum absolute atomic E-state index is 0.183. The summed E-state index contributed by atoms with van der Waals surface area (Å²) in [5, 5.41) is 18.8. The van der Waals surface area contributed by atoms with Crippen LogP contribution in [0.5, 0.6) is 0 Å². The number of benzene rings is 1. The highest BCUT2D eigenvalue weighted by Crippen LogP contribution is 2.17.